The Kier molecular flexibility index (Phi) is 9.46. The molecule has 0 aliphatic carbocycles. The summed E-state index contributed by atoms with van der Waals surface area (Å²) in [7, 11) is 0. The largest absolute Gasteiger partial charge is 0.453 e. The fourth-order valence-electron chi connectivity index (χ4n) is 3.76. The summed E-state index contributed by atoms with van der Waals surface area (Å²) in [6.07, 6.45) is -5.19. The highest BCUT2D eigenvalue weighted by atomic mass is 35.5. The number of benzene rings is 3. The van der Waals surface area contributed by atoms with E-state index in [1.165, 1.54) is 42.5 Å². The molecule has 2 heterocycles. The lowest BCUT2D eigenvalue weighted by molar-refractivity contribution is -0.152. The van der Waals surface area contributed by atoms with E-state index in [0.717, 1.165) is 6.07 Å². The van der Waals surface area contributed by atoms with Gasteiger partial charge in [-0.15, -0.1) is 10.2 Å². The van der Waals surface area contributed by atoms with Crippen LogP contribution in [-0.4, -0.2) is 10.2 Å². The maximum absolute atomic E-state index is 15.4. The van der Waals surface area contributed by atoms with Crippen LogP contribution in [0.4, 0.5) is 17.6 Å². The summed E-state index contributed by atoms with van der Waals surface area (Å²) in [5.74, 6) is -3.36. The Morgan fingerprint density at radius 3 is 2.33 bits per heavy atom. The van der Waals surface area contributed by atoms with Gasteiger partial charge in [-0.05, 0) is 42.5 Å². The van der Waals surface area contributed by atoms with E-state index in [9.17, 15) is 13.2 Å². The van der Waals surface area contributed by atoms with Crippen LogP contribution in [0, 0.1) is 17.1 Å². The third-order valence-electron chi connectivity index (χ3n) is 5.52. The Bertz CT molecular complexity index is 1780. The van der Waals surface area contributed by atoms with Crippen molar-refractivity contribution in [1.29, 1.82) is 5.26 Å². The van der Waals surface area contributed by atoms with Gasteiger partial charge in [0.25, 0.3) is 5.89 Å². The molecule has 0 saturated carbocycles. The smallest absolute Gasteiger partial charge is 0.450 e. The van der Waals surface area contributed by atoms with Crippen LogP contribution in [0.25, 0.3) is 22.8 Å². The number of halogens is 7. The molecule has 0 amide bonds. The van der Waals surface area contributed by atoms with Gasteiger partial charge in [-0.3, -0.25) is 0 Å². The first-order valence-corrected chi connectivity index (χ1v) is 13.3. The minimum absolute atomic E-state index is 0.00266. The van der Waals surface area contributed by atoms with Crippen LogP contribution in [0.1, 0.15) is 36.6 Å². The maximum atomic E-state index is 15.4. The number of alkyl halides is 3. The Balaban J connectivity index is 0.00000198. The molecule has 42 heavy (non-hydrogen) atoms. The molecule has 5 rings (SSSR count). The lowest BCUT2D eigenvalue weighted by Crippen LogP contribution is -2.04. The first-order valence-electron chi connectivity index (χ1n) is 12.2. The van der Waals surface area contributed by atoms with Gasteiger partial charge in [-0.25, -0.2) is 4.39 Å². The zero-order valence-corrected chi connectivity index (χ0v) is 24.0. The van der Waals surface area contributed by atoms with Crippen molar-refractivity contribution in [2.24, 2.45) is 0 Å². The molecule has 0 aliphatic rings. The van der Waals surface area contributed by atoms with Crippen molar-refractivity contribution in [2.45, 2.75) is 26.4 Å². The van der Waals surface area contributed by atoms with Crippen LogP contribution in [0.2, 0.25) is 15.1 Å². The molecule has 6 nitrogen and oxygen atoms in total. The number of nitriles is 1. The SMILES string of the molecule is CC.N#Cc1cc(Cl)cc(Oc2c(Cl)ccc(Cc3nnc(-c4cc(-c5ccccc5Cl)oc4C(F)(F)F)o3)c2F)c1. The van der Waals surface area contributed by atoms with Gasteiger partial charge in [0.1, 0.15) is 11.5 Å². The predicted molar refractivity (Wildman–Crippen MR) is 149 cm³/mol. The average Bonchev–Trinajstić information content (AvgIpc) is 3.61. The number of rotatable bonds is 6. The van der Waals surface area contributed by atoms with E-state index in [1.807, 2.05) is 19.9 Å². The van der Waals surface area contributed by atoms with Crippen molar-refractivity contribution in [1.82, 2.24) is 10.2 Å². The van der Waals surface area contributed by atoms with Crippen LogP contribution in [0.3, 0.4) is 0 Å². The zero-order chi connectivity index (χ0) is 30.6. The summed E-state index contributed by atoms with van der Waals surface area (Å²) >= 11 is 18.2. The molecule has 13 heteroatoms. The van der Waals surface area contributed by atoms with Crippen molar-refractivity contribution < 1.29 is 31.1 Å². The molecule has 0 radical (unpaired) electrons. The molecular weight excluding hydrogens is 621 g/mol. The second-order valence-electron chi connectivity index (χ2n) is 8.25. The minimum Gasteiger partial charge on any atom is -0.453 e. The first-order chi connectivity index (χ1) is 20.0. The van der Waals surface area contributed by atoms with Gasteiger partial charge in [-0.2, -0.15) is 18.4 Å². The maximum Gasteiger partial charge on any atom is 0.450 e. The number of nitrogens with zero attached hydrogens (tertiary/aromatic N) is 3. The molecule has 0 saturated heterocycles. The number of furan rings is 1. The van der Waals surface area contributed by atoms with Crippen molar-refractivity contribution >= 4 is 34.8 Å². The number of aromatic nitrogens is 2. The van der Waals surface area contributed by atoms with Gasteiger partial charge < -0.3 is 13.6 Å². The van der Waals surface area contributed by atoms with Crippen LogP contribution in [0.5, 0.6) is 11.5 Å². The fraction of sp³-hybridized carbons (Fsp3) is 0.138. The van der Waals surface area contributed by atoms with Crippen LogP contribution >= 0.6 is 34.8 Å². The summed E-state index contributed by atoms with van der Waals surface area (Å²) in [5, 5.41) is 16.9. The summed E-state index contributed by atoms with van der Waals surface area (Å²) < 4.78 is 72.9. The summed E-state index contributed by atoms with van der Waals surface area (Å²) in [5.41, 5.74) is -0.0880. The van der Waals surface area contributed by atoms with Crippen LogP contribution in [0.15, 0.2) is 69.5 Å². The summed E-state index contributed by atoms with van der Waals surface area (Å²) in [6, 6.07) is 16.0. The highest BCUT2D eigenvalue weighted by Crippen LogP contribution is 2.43. The Hall–Kier alpha value is -4.04. The summed E-state index contributed by atoms with van der Waals surface area (Å²) in [6.45, 7) is 4.00. The monoisotopic (exact) mass is 637 g/mol. The van der Waals surface area contributed by atoms with Gasteiger partial charge in [0.15, 0.2) is 11.6 Å². The molecule has 3 aromatic carbocycles. The van der Waals surface area contributed by atoms with E-state index in [1.54, 1.807) is 12.1 Å². The Morgan fingerprint density at radius 1 is 0.905 bits per heavy atom. The fourth-order valence-corrected chi connectivity index (χ4v) is 4.40. The van der Waals surface area contributed by atoms with E-state index in [0.29, 0.717) is 0 Å². The Labute approximate surface area is 252 Å². The third kappa shape index (κ3) is 6.71. The first kappa shape index (κ1) is 30.9. The predicted octanol–water partition coefficient (Wildman–Crippen LogP) is 10.4. The van der Waals surface area contributed by atoms with Gasteiger partial charge in [0.2, 0.25) is 11.7 Å². The lowest BCUT2D eigenvalue weighted by atomic mass is 10.1. The topological polar surface area (TPSA) is 85.1 Å². The second kappa shape index (κ2) is 12.9. The van der Waals surface area contributed by atoms with Crippen molar-refractivity contribution in [3.05, 3.63) is 104 Å². The van der Waals surface area contributed by atoms with Crippen molar-refractivity contribution in [2.75, 3.05) is 0 Å². The van der Waals surface area contributed by atoms with Gasteiger partial charge in [0, 0.05) is 16.1 Å². The zero-order valence-electron chi connectivity index (χ0n) is 21.7. The van der Waals surface area contributed by atoms with E-state index in [-0.39, 0.29) is 61.3 Å². The Morgan fingerprint density at radius 2 is 1.64 bits per heavy atom. The van der Waals surface area contributed by atoms with E-state index < -0.39 is 29.2 Å². The van der Waals surface area contributed by atoms with Gasteiger partial charge >= 0.3 is 6.18 Å². The molecule has 216 valence electrons. The van der Waals surface area contributed by atoms with E-state index in [4.69, 9.17) is 53.6 Å². The van der Waals surface area contributed by atoms with Gasteiger partial charge in [0.05, 0.1) is 33.7 Å². The molecule has 5 aromatic rings. The van der Waals surface area contributed by atoms with Crippen LogP contribution in [-0.2, 0) is 12.6 Å². The normalized spacial score (nSPS) is 11.0. The molecule has 2 aromatic heterocycles. The molecule has 0 atom stereocenters. The number of hydrogen-bond acceptors (Lipinski definition) is 6. The molecule has 0 aliphatic heterocycles. The summed E-state index contributed by atoms with van der Waals surface area (Å²) in [4.78, 5) is 0. The molecule has 0 fully saturated rings. The quantitative estimate of drug-likeness (QED) is 0.172. The van der Waals surface area contributed by atoms with Crippen LogP contribution < -0.4 is 4.74 Å². The lowest BCUT2D eigenvalue weighted by Gasteiger charge is -2.11. The number of hydrogen-bond donors (Lipinski definition) is 0. The minimum atomic E-state index is -4.89. The van der Waals surface area contributed by atoms with Crippen molar-refractivity contribution in [3.63, 3.8) is 0 Å². The van der Waals surface area contributed by atoms with E-state index >= 15 is 4.39 Å². The van der Waals surface area contributed by atoms with Crippen molar-refractivity contribution in [3.8, 4) is 40.3 Å². The molecule has 0 bridgehead atoms. The molecule has 0 spiro atoms. The van der Waals surface area contributed by atoms with Gasteiger partial charge in [-0.1, -0.05) is 66.8 Å². The number of ether oxygens (including phenoxy) is 1. The molecule has 0 N–H and O–H groups in total. The highest BCUT2D eigenvalue weighted by molar-refractivity contribution is 6.33. The highest BCUT2D eigenvalue weighted by Gasteiger charge is 2.40. The average molecular weight is 639 g/mol. The molecule has 0 unspecified atom stereocenters. The van der Waals surface area contributed by atoms with E-state index in [2.05, 4.69) is 10.2 Å². The third-order valence-corrected chi connectivity index (χ3v) is 6.36. The second-order valence-corrected chi connectivity index (χ2v) is 9.50. The standard InChI is InChI=1S/C27H12Cl3F4N3O3.C2H6/c28-15-7-13(12-35)8-16(10-15)38-24-20(30)6-5-14(23(24)31)9-22-36-37-26(40-22)18-11-21(39-25(18)27(32,33)34)17-3-1-2-4-19(17)29;1-2/h1-8,10-11H,9H2;1-2H3. The molecular formula is C29H18Cl3F4N3O3.